The summed E-state index contributed by atoms with van der Waals surface area (Å²) in [6.07, 6.45) is 2.87. The van der Waals surface area contributed by atoms with Crippen molar-refractivity contribution < 1.29 is 14.3 Å². The average Bonchev–Trinajstić information content (AvgIpc) is 3.58. The topological polar surface area (TPSA) is 181 Å². The molecular formula is C23H17N9O5S. The van der Waals surface area contributed by atoms with Gasteiger partial charge in [-0.2, -0.15) is 0 Å². The summed E-state index contributed by atoms with van der Waals surface area (Å²) in [5, 5.41) is 42.2. The molecule has 3 heterocycles. The molecule has 2 aromatic carbocycles. The first kappa shape index (κ1) is 24.5. The summed E-state index contributed by atoms with van der Waals surface area (Å²) in [5.74, 6) is 0.421. The van der Waals surface area contributed by atoms with E-state index in [-0.39, 0.29) is 28.2 Å². The van der Waals surface area contributed by atoms with Gasteiger partial charge in [-0.25, -0.2) is 4.68 Å². The van der Waals surface area contributed by atoms with Crippen molar-refractivity contribution in [1.29, 1.82) is 0 Å². The van der Waals surface area contributed by atoms with E-state index in [1.807, 2.05) is 6.07 Å². The summed E-state index contributed by atoms with van der Waals surface area (Å²) in [4.78, 5) is 25.7. The highest BCUT2D eigenvalue weighted by Crippen LogP contribution is 2.39. The third-order valence-corrected chi connectivity index (χ3v) is 6.17. The second kappa shape index (κ2) is 10.4. The van der Waals surface area contributed by atoms with Gasteiger partial charge in [0.1, 0.15) is 11.9 Å². The van der Waals surface area contributed by atoms with E-state index in [9.17, 15) is 20.2 Å². The van der Waals surface area contributed by atoms with E-state index >= 15 is 0 Å². The van der Waals surface area contributed by atoms with Gasteiger partial charge >= 0.3 is 5.69 Å². The lowest BCUT2D eigenvalue weighted by Gasteiger charge is -2.12. The van der Waals surface area contributed by atoms with E-state index in [1.165, 1.54) is 34.8 Å². The normalized spacial score (nSPS) is 10.9. The highest BCUT2D eigenvalue weighted by molar-refractivity contribution is 7.98. The van der Waals surface area contributed by atoms with Crippen LogP contribution in [0.5, 0.6) is 0 Å². The number of anilines is 2. The molecule has 3 aromatic heterocycles. The minimum absolute atomic E-state index is 0.0202. The van der Waals surface area contributed by atoms with Gasteiger partial charge < -0.3 is 9.73 Å². The number of rotatable bonds is 9. The molecule has 15 heteroatoms. The number of hydrogen-bond acceptors (Lipinski definition) is 12. The van der Waals surface area contributed by atoms with Gasteiger partial charge in [-0.3, -0.25) is 25.2 Å². The smallest absolute Gasteiger partial charge is 0.311 e. The molecule has 0 saturated heterocycles. The molecule has 0 aliphatic rings. The third-order valence-electron chi connectivity index (χ3n) is 5.32. The molecule has 1 N–H and O–H groups in total. The Bertz CT molecular complexity index is 1620. The molecule has 0 aliphatic heterocycles. The molecule has 14 nitrogen and oxygen atoms in total. The van der Waals surface area contributed by atoms with Gasteiger partial charge in [0.05, 0.1) is 38.7 Å². The fraction of sp³-hybridized carbons (Fsp3) is 0.0870. The van der Waals surface area contributed by atoms with Crippen LogP contribution in [-0.2, 0) is 5.75 Å². The number of aromatic nitrogens is 6. The van der Waals surface area contributed by atoms with Crippen LogP contribution in [0.15, 0.2) is 76.6 Å². The van der Waals surface area contributed by atoms with Crippen LogP contribution in [-0.4, -0.2) is 40.0 Å². The van der Waals surface area contributed by atoms with Gasteiger partial charge in [-0.05, 0) is 31.2 Å². The van der Waals surface area contributed by atoms with Crippen LogP contribution in [0.1, 0.15) is 11.4 Å². The van der Waals surface area contributed by atoms with Gasteiger partial charge in [0.2, 0.25) is 0 Å². The van der Waals surface area contributed by atoms with Crippen LogP contribution in [0.3, 0.4) is 0 Å². The van der Waals surface area contributed by atoms with Crippen molar-refractivity contribution >= 4 is 34.5 Å². The number of benzene rings is 2. The average molecular weight is 532 g/mol. The van der Waals surface area contributed by atoms with Gasteiger partial charge in [-0.15, -0.1) is 15.3 Å². The standard InChI is InChI=1S/C23H17N9O5S/c1-14-20(21(19(11-24-14)32(35)36)25-15-5-3-2-4-6-15)22-27-28-23(37-22)38-13-16-12-30(29-26-16)17-7-9-18(10-8-17)31(33)34/h2-12H,13H2,1H3,(H,24,25). The number of pyridine rings is 1. The number of nitro benzene ring substituents is 1. The summed E-state index contributed by atoms with van der Waals surface area (Å²) < 4.78 is 7.33. The van der Waals surface area contributed by atoms with E-state index in [0.29, 0.717) is 34.1 Å². The van der Waals surface area contributed by atoms with Crippen molar-refractivity contribution in [3.8, 4) is 17.1 Å². The quantitative estimate of drug-likeness (QED) is 0.155. The Morgan fingerprint density at radius 1 is 1.00 bits per heavy atom. The molecule has 0 amide bonds. The summed E-state index contributed by atoms with van der Waals surface area (Å²) in [7, 11) is 0. The zero-order valence-electron chi connectivity index (χ0n) is 19.6. The van der Waals surface area contributed by atoms with Crippen LogP contribution in [0, 0.1) is 27.2 Å². The van der Waals surface area contributed by atoms with Crippen LogP contribution in [0.2, 0.25) is 0 Å². The van der Waals surface area contributed by atoms with E-state index in [4.69, 9.17) is 4.42 Å². The minimum Gasteiger partial charge on any atom is -0.411 e. The zero-order chi connectivity index (χ0) is 26.6. The number of thioether (sulfide) groups is 1. The van der Waals surface area contributed by atoms with Crippen molar-refractivity contribution in [3.05, 3.63) is 98.6 Å². The van der Waals surface area contributed by atoms with Crippen molar-refractivity contribution in [2.24, 2.45) is 0 Å². The summed E-state index contributed by atoms with van der Waals surface area (Å²) in [5.41, 5.74) is 2.61. The Morgan fingerprint density at radius 2 is 1.76 bits per heavy atom. The molecule has 0 radical (unpaired) electrons. The van der Waals surface area contributed by atoms with Gasteiger partial charge in [0.25, 0.3) is 16.8 Å². The van der Waals surface area contributed by atoms with Gasteiger partial charge in [0, 0.05) is 23.6 Å². The first-order chi connectivity index (χ1) is 18.4. The first-order valence-electron chi connectivity index (χ1n) is 11.0. The maximum absolute atomic E-state index is 11.7. The second-order valence-electron chi connectivity index (χ2n) is 7.82. The SMILES string of the molecule is Cc1ncc([N+](=O)[O-])c(Nc2ccccc2)c1-c1nnc(SCc2cn(-c3ccc([N+](=O)[O-])cc3)nn2)o1. The minimum atomic E-state index is -0.526. The van der Waals surface area contributed by atoms with Crippen molar-refractivity contribution in [2.45, 2.75) is 17.9 Å². The van der Waals surface area contributed by atoms with E-state index in [0.717, 1.165) is 0 Å². The second-order valence-corrected chi connectivity index (χ2v) is 8.74. The molecule has 190 valence electrons. The highest BCUT2D eigenvalue weighted by atomic mass is 32.2. The Kier molecular flexibility index (Phi) is 6.73. The molecule has 0 bridgehead atoms. The van der Waals surface area contributed by atoms with Crippen LogP contribution in [0.4, 0.5) is 22.7 Å². The van der Waals surface area contributed by atoms with Crippen molar-refractivity contribution in [2.75, 3.05) is 5.32 Å². The van der Waals surface area contributed by atoms with Gasteiger partial charge in [-0.1, -0.05) is 35.2 Å². The van der Waals surface area contributed by atoms with E-state index in [2.05, 4.69) is 30.8 Å². The molecule has 5 rings (SSSR count). The van der Waals surface area contributed by atoms with Crippen molar-refractivity contribution in [1.82, 2.24) is 30.2 Å². The molecule has 38 heavy (non-hydrogen) atoms. The molecule has 0 unspecified atom stereocenters. The first-order valence-corrected chi connectivity index (χ1v) is 12.0. The molecule has 5 aromatic rings. The Morgan fingerprint density at radius 3 is 2.47 bits per heavy atom. The molecule has 0 aliphatic carbocycles. The lowest BCUT2D eigenvalue weighted by atomic mass is 10.1. The lowest BCUT2D eigenvalue weighted by molar-refractivity contribution is -0.384. The lowest BCUT2D eigenvalue weighted by Crippen LogP contribution is -2.03. The fourth-order valence-electron chi connectivity index (χ4n) is 3.51. The molecule has 0 saturated carbocycles. The Balaban J connectivity index is 1.36. The van der Waals surface area contributed by atoms with Gasteiger partial charge in [0.15, 0.2) is 0 Å². The number of aryl methyl sites for hydroxylation is 1. The maximum atomic E-state index is 11.7. The predicted octanol–water partition coefficient (Wildman–Crippen LogP) is 4.87. The number of nitrogens with zero attached hydrogens (tertiary/aromatic N) is 8. The van der Waals surface area contributed by atoms with Crippen molar-refractivity contribution in [3.63, 3.8) is 0 Å². The Labute approximate surface area is 218 Å². The molecular weight excluding hydrogens is 514 g/mol. The summed E-state index contributed by atoms with van der Waals surface area (Å²) in [6, 6.07) is 14.9. The molecule has 0 fully saturated rings. The highest BCUT2D eigenvalue weighted by Gasteiger charge is 2.26. The summed E-state index contributed by atoms with van der Waals surface area (Å²) >= 11 is 1.21. The zero-order valence-corrected chi connectivity index (χ0v) is 20.4. The molecule has 0 spiro atoms. The number of nitrogens with one attached hydrogen (secondary N) is 1. The van der Waals surface area contributed by atoms with E-state index in [1.54, 1.807) is 49.5 Å². The summed E-state index contributed by atoms with van der Waals surface area (Å²) in [6.45, 7) is 1.70. The molecule has 0 atom stereocenters. The number of para-hydroxylation sites is 1. The number of nitro groups is 2. The van der Waals surface area contributed by atoms with Crippen LogP contribution >= 0.6 is 11.8 Å². The predicted molar refractivity (Wildman–Crippen MR) is 136 cm³/mol. The Hall–Kier alpha value is -5.18. The number of non-ortho nitro benzene ring substituents is 1. The van der Waals surface area contributed by atoms with Crippen LogP contribution < -0.4 is 5.32 Å². The van der Waals surface area contributed by atoms with E-state index < -0.39 is 9.85 Å². The number of hydrogen-bond donors (Lipinski definition) is 1. The largest absolute Gasteiger partial charge is 0.411 e. The monoisotopic (exact) mass is 531 g/mol. The fourth-order valence-corrected chi connectivity index (χ4v) is 4.15. The maximum Gasteiger partial charge on any atom is 0.311 e. The third kappa shape index (κ3) is 5.17. The van der Waals surface area contributed by atoms with Crippen LogP contribution in [0.25, 0.3) is 17.1 Å².